The van der Waals surface area contributed by atoms with Gasteiger partial charge in [0, 0.05) is 6.42 Å². The predicted octanol–water partition coefficient (Wildman–Crippen LogP) is 0.624. The van der Waals surface area contributed by atoms with Gasteiger partial charge in [-0.25, -0.2) is 4.79 Å². The standard InChI is InChI=1S/C20H29N3O7/c1-5-29-17(26)12-21-16(25)11-22-18(27)15(23-19(28)30-20(2,3)4)10-13-6-8-14(24)9-7-13/h6-9,15,24H,5,10-12H2,1-4H3,(H,21,25)(H,22,27)(H,23,28)/t15-/m0/s1. The van der Waals surface area contributed by atoms with Gasteiger partial charge >= 0.3 is 12.1 Å². The number of nitrogens with one attached hydrogen (secondary N) is 3. The monoisotopic (exact) mass is 423 g/mol. The number of phenolic OH excluding ortho intramolecular Hbond substituents is 1. The topological polar surface area (TPSA) is 143 Å². The van der Waals surface area contributed by atoms with E-state index < -0.39 is 35.5 Å². The van der Waals surface area contributed by atoms with Crippen molar-refractivity contribution in [3.05, 3.63) is 29.8 Å². The normalized spacial score (nSPS) is 11.7. The third-order valence-corrected chi connectivity index (χ3v) is 3.54. The van der Waals surface area contributed by atoms with Gasteiger partial charge in [0.1, 0.15) is 23.9 Å². The zero-order valence-electron chi connectivity index (χ0n) is 17.6. The summed E-state index contributed by atoms with van der Waals surface area (Å²) in [7, 11) is 0. The maximum absolute atomic E-state index is 12.6. The zero-order valence-corrected chi connectivity index (χ0v) is 17.6. The molecule has 10 heteroatoms. The first kappa shape index (κ1) is 24.7. The molecule has 30 heavy (non-hydrogen) atoms. The summed E-state index contributed by atoms with van der Waals surface area (Å²) in [5.74, 6) is -1.72. The van der Waals surface area contributed by atoms with Crippen LogP contribution in [0.1, 0.15) is 33.3 Å². The number of hydrogen-bond acceptors (Lipinski definition) is 7. The van der Waals surface area contributed by atoms with Crippen LogP contribution < -0.4 is 16.0 Å². The van der Waals surface area contributed by atoms with Gasteiger partial charge in [-0.3, -0.25) is 14.4 Å². The molecule has 3 amide bonds. The Kier molecular flexibility index (Phi) is 9.60. The highest BCUT2D eigenvalue weighted by atomic mass is 16.6. The molecule has 0 aromatic heterocycles. The van der Waals surface area contributed by atoms with Gasteiger partial charge in [-0.2, -0.15) is 0 Å². The number of amides is 3. The average molecular weight is 423 g/mol. The van der Waals surface area contributed by atoms with Gasteiger partial charge < -0.3 is 30.5 Å². The Balaban J connectivity index is 2.70. The number of carbonyl (C=O) groups is 4. The van der Waals surface area contributed by atoms with Crippen LogP contribution in [0.25, 0.3) is 0 Å². The van der Waals surface area contributed by atoms with Gasteiger partial charge in [0.15, 0.2) is 0 Å². The van der Waals surface area contributed by atoms with Gasteiger partial charge in [-0.15, -0.1) is 0 Å². The Labute approximate surface area is 175 Å². The van der Waals surface area contributed by atoms with Crippen LogP contribution in [0.15, 0.2) is 24.3 Å². The second-order valence-electron chi connectivity index (χ2n) is 7.37. The lowest BCUT2D eigenvalue weighted by Crippen LogP contribution is -2.51. The lowest BCUT2D eigenvalue weighted by Gasteiger charge is -2.23. The lowest BCUT2D eigenvalue weighted by molar-refractivity contribution is -0.143. The van der Waals surface area contributed by atoms with Gasteiger partial charge in [0.05, 0.1) is 13.2 Å². The fourth-order valence-corrected chi connectivity index (χ4v) is 2.26. The van der Waals surface area contributed by atoms with Crippen molar-refractivity contribution < 1.29 is 33.8 Å². The highest BCUT2D eigenvalue weighted by molar-refractivity contribution is 5.90. The summed E-state index contributed by atoms with van der Waals surface area (Å²) in [5.41, 5.74) is -0.0767. The number of phenols is 1. The van der Waals surface area contributed by atoms with Crippen LogP contribution in [0.3, 0.4) is 0 Å². The second kappa shape index (κ2) is 11.6. The highest BCUT2D eigenvalue weighted by Gasteiger charge is 2.25. The number of hydrogen-bond donors (Lipinski definition) is 4. The zero-order chi connectivity index (χ0) is 22.7. The first-order chi connectivity index (χ1) is 14.0. The SMILES string of the molecule is CCOC(=O)CNC(=O)CNC(=O)[C@H](Cc1ccc(O)cc1)NC(=O)OC(C)(C)C. The van der Waals surface area contributed by atoms with E-state index in [2.05, 4.69) is 16.0 Å². The van der Waals surface area contributed by atoms with Crippen LogP contribution in [0.2, 0.25) is 0 Å². The smallest absolute Gasteiger partial charge is 0.408 e. The molecule has 0 bridgehead atoms. The molecule has 0 aliphatic rings. The highest BCUT2D eigenvalue weighted by Crippen LogP contribution is 2.12. The van der Waals surface area contributed by atoms with E-state index in [9.17, 15) is 24.3 Å². The van der Waals surface area contributed by atoms with Crippen LogP contribution in [-0.2, 0) is 30.3 Å². The average Bonchev–Trinajstić information content (AvgIpc) is 2.64. The van der Waals surface area contributed by atoms with Crippen molar-refractivity contribution in [2.45, 2.75) is 45.8 Å². The number of esters is 1. The summed E-state index contributed by atoms with van der Waals surface area (Å²) < 4.78 is 9.88. The Morgan fingerprint density at radius 2 is 1.67 bits per heavy atom. The fraction of sp³-hybridized carbons (Fsp3) is 0.500. The summed E-state index contributed by atoms with van der Waals surface area (Å²) >= 11 is 0. The first-order valence-corrected chi connectivity index (χ1v) is 9.47. The molecule has 166 valence electrons. The van der Waals surface area contributed by atoms with Gasteiger partial charge in [-0.05, 0) is 45.4 Å². The van der Waals surface area contributed by atoms with Crippen molar-refractivity contribution in [2.24, 2.45) is 0 Å². The molecule has 0 aliphatic heterocycles. The van der Waals surface area contributed by atoms with E-state index in [4.69, 9.17) is 9.47 Å². The van der Waals surface area contributed by atoms with E-state index >= 15 is 0 Å². The summed E-state index contributed by atoms with van der Waals surface area (Å²) in [4.78, 5) is 47.7. The minimum Gasteiger partial charge on any atom is -0.508 e. The molecule has 0 saturated heterocycles. The Morgan fingerprint density at radius 3 is 2.23 bits per heavy atom. The number of carbonyl (C=O) groups excluding carboxylic acids is 4. The van der Waals surface area contributed by atoms with Crippen molar-refractivity contribution in [3.8, 4) is 5.75 Å². The molecular formula is C20H29N3O7. The van der Waals surface area contributed by atoms with Gasteiger partial charge in [0.2, 0.25) is 11.8 Å². The van der Waals surface area contributed by atoms with Crippen LogP contribution in [0.4, 0.5) is 4.79 Å². The molecule has 0 fully saturated rings. The van der Waals surface area contributed by atoms with E-state index in [1.54, 1.807) is 39.8 Å². The molecule has 1 atom stereocenters. The van der Waals surface area contributed by atoms with E-state index in [0.29, 0.717) is 5.56 Å². The van der Waals surface area contributed by atoms with Crippen molar-refractivity contribution in [1.29, 1.82) is 0 Å². The number of rotatable bonds is 9. The van der Waals surface area contributed by atoms with E-state index in [1.807, 2.05) is 0 Å². The Hall–Kier alpha value is -3.30. The number of benzene rings is 1. The van der Waals surface area contributed by atoms with Crippen molar-refractivity contribution in [1.82, 2.24) is 16.0 Å². The Morgan fingerprint density at radius 1 is 1.03 bits per heavy atom. The van der Waals surface area contributed by atoms with Crippen molar-refractivity contribution in [3.63, 3.8) is 0 Å². The predicted molar refractivity (Wildman–Crippen MR) is 108 cm³/mol. The summed E-state index contributed by atoms with van der Waals surface area (Å²) in [6.07, 6.45) is -0.677. The molecule has 0 saturated carbocycles. The van der Waals surface area contributed by atoms with Crippen LogP contribution in [-0.4, -0.2) is 60.3 Å². The first-order valence-electron chi connectivity index (χ1n) is 9.47. The minimum atomic E-state index is -1.03. The summed E-state index contributed by atoms with van der Waals surface area (Å²) in [6, 6.07) is 5.11. The molecule has 0 spiro atoms. The fourth-order valence-electron chi connectivity index (χ4n) is 2.26. The van der Waals surface area contributed by atoms with Crippen LogP contribution >= 0.6 is 0 Å². The number of aromatic hydroxyl groups is 1. The third-order valence-electron chi connectivity index (χ3n) is 3.54. The largest absolute Gasteiger partial charge is 0.508 e. The minimum absolute atomic E-state index is 0.0677. The lowest BCUT2D eigenvalue weighted by atomic mass is 10.1. The summed E-state index contributed by atoms with van der Waals surface area (Å²) in [5, 5.41) is 16.6. The van der Waals surface area contributed by atoms with Crippen molar-refractivity contribution >= 4 is 23.9 Å². The van der Waals surface area contributed by atoms with Crippen LogP contribution in [0, 0.1) is 0 Å². The number of alkyl carbamates (subject to hydrolysis) is 1. The molecule has 1 aromatic rings. The maximum atomic E-state index is 12.6. The van der Waals surface area contributed by atoms with Crippen LogP contribution in [0.5, 0.6) is 5.75 Å². The molecule has 10 nitrogen and oxygen atoms in total. The molecule has 1 aromatic carbocycles. The molecule has 0 heterocycles. The quantitative estimate of drug-likeness (QED) is 0.426. The third kappa shape index (κ3) is 10.3. The van der Waals surface area contributed by atoms with E-state index in [0.717, 1.165) is 0 Å². The molecule has 0 aliphatic carbocycles. The van der Waals surface area contributed by atoms with Gasteiger partial charge in [-0.1, -0.05) is 12.1 Å². The molecular weight excluding hydrogens is 394 g/mol. The molecule has 0 radical (unpaired) electrons. The number of ether oxygens (including phenoxy) is 2. The van der Waals surface area contributed by atoms with Crippen molar-refractivity contribution in [2.75, 3.05) is 19.7 Å². The van der Waals surface area contributed by atoms with E-state index in [-0.39, 0.29) is 31.9 Å². The van der Waals surface area contributed by atoms with E-state index in [1.165, 1.54) is 12.1 Å². The summed E-state index contributed by atoms with van der Waals surface area (Å²) in [6.45, 7) is 6.21. The van der Waals surface area contributed by atoms with Gasteiger partial charge in [0.25, 0.3) is 0 Å². The molecule has 0 unspecified atom stereocenters. The molecule has 1 rings (SSSR count). The molecule has 4 N–H and O–H groups in total. The Bertz CT molecular complexity index is 742. The maximum Gasteiger partial charge on any atom is 0.408 e. The second-order valence-corrected chi connectivity index (χ2v) is 7.37.